The van der Waals surface area contributed by atoms with Gasteiger partial charge in [0.1, 0.15) is 5.75 Å². The number of allylic oxidation sites excluding steroid dienone is 2. The van der Waals surface area contributed by atoms with E-state index in [-0.39, 0.29) is 17.3 Å². The maximum Gasteiger partial charge on any atom is 0.416 e. The molecule has 0 spiro atoms. The number of rotatable bonds is 2. The largest absolute Gasteiger partial charge is 0.508 e. The highest BCUT2D eigenvalue weighted by molar-refractivity contribution is 6.01. The maximum atomic E-state index is 11.2. The summed E-state index contributed by atoms with van der Waals surface area (Å²) in [6, 6.07) is 4.99. The Morgan fingerprint density at radius 2 is 2.00 bits per heavy atom. The van der Waals surface area contributed by atoms with Gasteiger partial charge in [0.2, 0.25) is 5.92 Å². The molecule has 82 valence electrons. The molecule has 1 aliphatic rings. The van der Waals surface area contributed by atoms with Crippen LogP contribution >= 0.6 is 0 Å². The van der Waals surface area contributed by atoms with E-state index in [2.05, 4.69) is 6.08 Å². The molecule has 0 saturated carbocycles. The maximum absolute atomic E-state index is 11.2. The van der Waals surface area contributed by atoms with Crippen LogP contribution in [0.5, 0.6) is 5.75 Å². The molecule has 4 nitrogen and oxygen atoms in total. The van der Waals surface area contributed by atoms with Crippen LogP contribution in [0.25, 0.3) is 0 Å². The minimum absolute atomic E-state index is 0.0117. The Morgan fingerprint density at radius 3 is 2.44 bits per heavy atom. The number of anilines is 1. The molecule has 1 atom stereocenters. The number of nitrogens with zero attached hydrogens (tertiary/aromatic N) is 1. The molecule has 1 aliphatic carbocycles. The van der Waals surface area contributed by atoms with Crippen LogP contribution < -0.4 is 4.90 Å². The first-order valence-electron chi connectivity index (χ1n) is 4.87. The monoisotopic (exact) mass is 218 g/mol. The van der Waals surface area contributed by atoms with Crippen molar-refractivity contribution >= 4 is 11.5 Å². The van der Waals surface area contributed by atoms with Crippen molar-refractivity contribution in [3.05, 3.63) is 35.6 Å². The second kappa shape index (κ2) is 3.51. The third-order valence-electron chi connectivity index (χ3n) is 2.63. The lowest BCUT2D eigenvalue weighted by Crippen LogP contribution is -2.23. The molecule has 0 aromatic heterocycles. The standard InChI is InChI=1S/C12H11NO3/c1-13(2)7-3-4-8(9(14)5-7)12-10(15)6-11(12)16/h3-5,12H,1-2H3,(H-,14,15,16)/p+1. The molecule has 0 radical (unpaired) electrons. The summed E-state index contributed by atoms with van der Waals surface area (Å²) in [5, 5.41) is 19.1. The number of Topliss-reactive ketones (excluding diaryl/α,β-unsaturated/α-hetero) is 1. The molecule has 0 heterocycles. The van der Waals surface area contributed by atoms with Gasteiger partial charge in [0, 0.05) is 31.4 Å². The van der Waals surface area contributed by atoms with Crippen molar-refractivity contribution in [1.82, 2.24) is 0 Å². The second-order valence-electron chi connectivity index (χ2n) is 3.95. The van der Waals surface area contributed by atoms with E-state index in [0.29, 0.717) is 5.56 Å². The normalized spacial score (nSPS) is 18.5. The van der Waals surface area contributed by atoms with Gasteiger partial charge in [-0.05, 0) is 6.07 Å². The lowest BCUT2D eigenvalue weighted by Gasteiger charge is -2.16. The quantitative estimate of drug-likeness (QED) is 0.736. The summed E-state index contributed by atoms with van der Waals surface area (Å²) in [4.78, 5) is 13.0. The number of ketones is 1. The van der Waals surface area contributed by atoms with E-state index < -0.39 is 5.92 Å². The molecule has 4 heteroatoms. The van der Waals surface area contributed by atoms with Gasteiger partial charge in [0.05, 0.1) is 0 Å². The van der Waals surface area contributed by atoms with Crippen molar-refractivity contribution < 1.29 is 15.0 Å². The molecule has 2 N–H and O–H groups in total. The van der Waals surface area contributed by atoms with Crippen LogP contribution in [-0.4, -0.2) is 30.1 Å². The van der Waals surface area contributed by atoms with Gasteiger partial charge in [-0.25, -0.2) is 4.79 Å². The lowest BCUT2D eigenvalue weighted by molar-refractivity contribution is -0.118. The Morgan fingerprint density at radius 1 is 1.31 bits per heavy atom. The number of hydrogen-bond acceptors (Lipinski definition) is 4. The molecular weight excluding hydrogens is 206 g/mol. The highest BCUT2D eigenvalue weighted by atomic mass is 16.3. The predicted molar refractivity (Wildman–Crippen MR) is 59.6 cm³/mol. The smallest absolute Gasteiger partial charge is 0.416 e. The highest BCUT2D eigenvalue weighted by Crippen LogP contribution is 2.37. The molecule has 2 rings (SSSR count). The van der Waals surface area contributed by atoms with Gasteiger partial charge in [-0.1, -0.05) is 6.07 Å². The van der Waals surface area contributed by atoms with Gasteiger partial charge in [-0.15, -0.1) is 0 Å². The highest BCUT2D eigenvalue weighted by Gasteiger charge is 2.50. The molecule has 1 aromatic rings. The molecule has 1 aromatic carbocycles. The van der Waals surface area contributed by atoms with Crippen molar-refractivity contribution in [2.75, 3.05) is 19.0 Å². The van der Waals surface area contributed by atoms with Crippen molar-refractivity contribution in [3.63, 3.8) is 0 Å². The van der Waals surface area contributed by atoms with Crippen molar-refractivity contribution in [3.8, 4) is 5.75 Å². The molecule has 0 amide bonds. The summed E-state index contributed by atoms with van der Waals surface area (Å²) in [5.41, 5.74) is 1.26. The van der Waals surface area contributed by atoms with Gasteiger partial charge in [-0.2, -0.15) is 0 Å². The molecule has 0 saturated heterocycles. The van der Waals surface area contributed by atoms with E-state index in [1.165, 1.54) is 0 Å². The number of aliphatic hydroxyl groups excluding tert-OH is 1. The zero-order valence-electron chi connectivity index (χ0n) is 9.06. The van der Waals surface area contributed by atoms with E-state index in [0.717, 1.165) is 5.69 Å². The average molecular weight is 218 g/mol. The number of carbonyl (C=O) groups excluding carboxylic acids is 1. The number of hydrogen-bond donors (Lipinski definition) is 2. The van der Waals surface area contributed by atoms with E-state index in [1.807, 2.05) is 19.0 Å². The summed E-state index contributed by atoms with van der Waals surface area (Å²) < 4.78 is 0. The number of aromatic hydroxyl groups is 1. The summed E-state index contributed by atoms with van der Waals surface area (Å²) in [6.45, 7) is 0. The molecule has 0 fully saturated rings. The Kier molecular flexibility index (Phi) is 2.29. The van der Waals surface area contributed by atoms with Gasteiger partial charge in [0.15, 0.2) is 0 Å². The van der Waals surface area contributed by atoms with Crippen LogP contribution in [0.15, 0.2) is 24.0 Å². The van der Waals surface area contributed by atoms with Crippen molar-refractivity contribution in [2.45, 2.75) is 5.92 Å². The SMILES string of the molecule is CN(C)c1ccc(C2C(=O)[C+]=C2O)c(O)c1. The van der Waals surface area contributed by atoms with Crippen LogP contribution in [0.2, 0.25) is 0 Å². The second-order valence-corrected chi connectivity index (χ2v) is 3.95. The minimum atomic E-state index is -0.740. The van der Waals surface area contributed by atoms with Crippen molar-refractivity contribution in [1.29, 1.82) is 0 Å². The third kappa shape index (κ3) is 1.49. The van der Waals surface area contributed by atoms with Crippen LogP contribution in [-0.2, 0) is 4.79 Å². The fourth-order valence-electron chi connectivity index (χ4n) is 1.66. The summed E-state index contributed by atoms with van der Waals surface area (Å²) >= 11 is 0. The zero-order valence-corrected chi connectivity index (χ0v) is 9.06. The Labute approximate surface area is 93.4 Å². The molecule has 0 aliphatic heterocycles. The van der Waals surface area contributed by atoms with Crippen LogP contribution in [0.4, 0.5) is 5.69 Å². The van der Waals surface area contributed by atoms with Crippen molar-refractivity contribution in [2.24, 2.45) is 0 Å². The average Bonchev–Trinajstić information content (AvgIpc) is 2.20. The molecule has 0 bridgehead atoms. The molecule has 16 heavy (non-hydrogen) atoms. The van der Waals surface area contributed by atoms with Gasteiger partial charge in [0.25, 0.3) is 0 Å². The van der Waals surface area contributed by atoms with Crippen LogP contribution in [0.3, 0.4) is 0 Å². The first-order valence-corrected chi connectivity index (χ1v) is 4.87. The molecular formula is C12H12NO3+. The zero-order chi connectivity index (χ0) is 11.9. The number of phenolic OH excluding ortho intramolecular Hbond substituents is 1. The molecule has 1 unspecified atom stereocenters. The lowest BCUT2D eigenvalue weighted by atomic mass is 9.83. The Balaban J connectivity index is 2.38. The van der Waals surface area contributed by atoms with E-state index in [9.17, 15) is 15.0 Å². The van der Waals surface area contributed by atoms with Gasteiger partial charge < -0.3 is 15.1 Å². The summed E-state index contributed by atoms with van der Waals surface area (Å²) in [7, 11) is 3.71. The summed E-state index contributed by atoms with van der Waals surface area (Å²) in [5.74, 6) is -1.14. The fraction of sp³-hybridized carbons (Fsp3) is 0.250. The first-order chi connectivity index (χ1) is 7.50. The van der Waals surface area contributed by atoms with E-state index in [4.69, 9.17) is 0 Å². The number of phenols is 1. The Bertz CT molecular complexity index is 477. The van der Waals surface area contributed by atoms with Crippen LogP contribution in [0.1, 0.15) is 11.5 Å². The van der Waals surface area contributed by atoms with Gasteiger partial charge >= 0.3 is 17.6 Å². The number of carbonyl (C=O) groups is 1. The Hall–Kier alpha value is -2.06. The van der Waals surface area contributed by atoms with Crippen LogP contribution in [0, 0.1) is 6.08 Å². The predicted octanol–water partition coefficient (Wildman–Crippen LogP) is 1.37. The minimum Gasteiger partial charge on any atom is -0.508 e. The first kappa shape index (κ1) is 10.5. The summed E-state index contributed by atoms with van der Waals surface area (Å²) in [6.07, 6.45) is 2.23. The fourth-order valence-corrected chi connectivity index (χ4v) is 1.66. The van der Waals surface area contributed by atoms with E-state index >= 15 is 0 Å². The third-order valence-corrected chi connectivity index (χ3v) is 2.63. The van der Waals surface area contributed by atoms with E-state index in [1.54, 1.807) is 18.2 Å². The topological polar surface area (TPSA) is 60.8 Å². The number of aliphatic hydroxyl groups is 1. The van der Waals surface area contributed by atoms with Gasteiger partial charge in [-0.3, -0.25) is 0 Å². The number of benzene rings is 1.